The van der Waals surface area contributed by atoms with Crippen LogP contribution in [0.25, 0.3) is 0 Å². The number of hydrogen-bond acceptors (Lipinski definition) is 5. The number of amides is 1. The Morgan fingerprint density at radius 1 is 0.971 bits per heavy atom. The second-order valence-electron chi connectivity index (χ2n) is 8.38. The summed E-state index contributed by atoms with van der Waals surface area (Å²) in [4.78, 5) is 16.1. The van der Waals surface area contributed by atoms with Crippen LogP contribution in [-0.2, 0) is 23.0 Å². The average molecular weight is 496 g/mol. The van der Waals surface area contributed by atoms with Gasteiger partial charge in [0.25, 0.3) is 5.91 Å². The van der Waals surface area contributed by atoms with Gasteiger partial charge in [0.1, 0.15) is 12.4 Å². The van der Waals surface area contributed by atoms with Crippen LogP contribution in [0.4, 0.5) is 0 Å². The van der Waals surface area contributed by atoms with Crippen molar-refractivity contribution in [3.8, 4) is 5.75 Å². The summed E-state index contributed by atoms with van der Waals surface area (Å²) in [6.07, 6.45) is 0.631. The molecule has 1 fully saturated rings. The first-order valence-corrected chi connectivity index (χ1v) is 14.1. The van der Waals surface area contributed by atoms with Gasteiger partial charge in [-0.05, 0) is 48.7 Å². The zero-order valence-electron chi connectivity index (χ0n) is 19.2. The van der Waals surface area contributed by atoms with Gasteiger partial charge < -0.3 is 9.64 Å². The van der Waals surface area contributed by atoms with E-state index in [1.165, 1.54) is 11.8 Å². The van der Waals surface area contributed by atoms with E-state index in [4.69, 9.17) is 4.74 Å². The Morgan fingerprint density at radius 2 is 1.68 bits per heavy atom. The van der Waals surface area contributed by atoms with Gasteiger partial charge in [0.2, 0.25) is 0 Å². The molecule has 1 aliphatic rings. The summed E-state index contributed by atoms with van der Waals surface area (Å²) in [6, 6.07) is 25.4. The Bertz CT molecular complexity index is 1210. The van der Waals surface area contributed by atoms with Crippen molar-refractivity contribution in [1.29, 1.82) is 0 Å². The first kappa shape index (κ1) is 24.4. The second-order valence-corrected chi connectivity index (χ2v) is 11.9. The largest absolute Gasteiger partial charge is 0.489 e. The Kier molecular flexibility index (Phi) is 7.95. The molecular weight excluding hydrogens is 466 g/mol. The monoisotopic (exact) mass is 495 g/mol. The molecule has 1 unspecified atom stereocenters. The lowest BCUT2D eigenvalue weighted by Crippen LogP contribution is -2.30. The van der Waals surface area contributed by atoms with Crippen molar-refractivity contribution in [2.24, 2.45) is 0 Å². The Labute approximate surface area is 206 Å². The van der Waals surface area contributed by atoms with Crippen LogP contribution >= 0.6 is 11.8 Å². The molecule has 1 aliphatic heterocycles. The normalized spacial score (nSPS) is 16.8. The van der Waals surface area contributed by atoms with Gasteiger partial charge in [-0.1, -0.05) is 54.6 Å². The third kappa shape index (κ3) is 6.42. The molecule has 0 saturated carbocycles. The van der Waals surface area contributed by atoms with Gasteiger partial charge in [-0.3, -0.25) is 4.79 Å². The Morgan fingerprint density at radius 3 is 2.35 bits per heavy atom. The maximum Gasteiger partial charge on any atom is 0.255 e. The molecule has 178 valence electrons. The summed E-state index contributed by atoms with van der Waals surface area (Å²) in [5.41, 5.74) is 2.76. The Hall–Kier alpha value is -2.77. The lowest BCUT2D eigenvalue weighted by molar-refractivity contribution is 0.0749. The topological polar surface area (TPSA) is 63.7 Å². The van der Waals surface area contributed by atoms with E-state index < -0.39 is 9.84 Å². The fourth-order valence-corrected chi connectivity index (χ4v) is 7.55. The summed E-state index contributed by atoms with van der Waals surface area (Å²) in [6.45, 7) is 3.54. The van der Waals surface area contributed by atoms with E-state index >= 15 is 0 Å². The molecule has 0 spiro atoms. The molecule has 0 aromatic heterocycles. The predicted molar refractivity (Wildman–Crippen MR) is 137 cm³/mol. The second kappa shape index (κ2) is 11.1. The third-order valence-corrected chi connectivity index (χ3v) is 9.14. The highest BCUT2D eigenvalue weighted by Crippen LogP contribution is 2.33. The van der Waals surface area contributed by atoms with E-state index in [0.717, 1.165) is 21.8 Å². The molecule has 4 rings (SSSR count). The molecule has 0 bridgehead atoms. The minimum atomic E-state index is -2.96. The van der Waals surface area contributed by atoms with Crippen molar-refractivity contribution in [3.63, 3.8) is 0 Å². The quantitative estimate of drug-likeness (QED) is 0.408. The SMILES string of the molecule is CCN(Cc1ccc(OCc2ccccc2)cc1)C(=O)c1ccccc1SC1CCS(=O)(=O)C1. The van der Waals surface area contributed by atoms with E-state index in [-0.39, 0.29) is 22.7 Å². The van der Waals surface area contributed by atoms with Crippen molar-refractivity contribution in [3.05, 3.63) is 95.6 Å². The molecule has 7 heteroatoms. The molecule has 1 atom stereocenters. The summed E-state index contributed by atoms with van der Waals surface area (Å²) >= 11 is 1.51. The van der Waals surface area contributed by atoms with Gasteiger partial charge in [-0.15, -0.1) is 11.8 Å². The standard InChI is InChI=1S/C27H29NO4S2/c1-2-28(18-21-12-14-23(15-13-21)32-19-22-8-4-3-5-9-22)27(29)25-10-6-7-11-26(25)33-24-16-17-34(30,31)20-24/h3-15,24H,2,16-20H2,1H3. The van der Waals surface area contributed by atoms with Crippen molar-refractivity contribution < 1.29 is 17.9 Å². The molecule has 0 N–H and O–H groups in total. The van der Waals surface area contributed by atoms with Crippen LogP contribution < -0.4 is 4.74 Å². The molecule has 1 saturated heterocycles. The summed E-state index contributed by atoms with van der Waals surface area (Å²) in [5.74, 6) is 1.15. The smallest absolute Gasteiger partial charge is 0.255 e. The van der Waals surface area contributed by atoms with Crippen molar-refractivity contribution in [2.75, 3.05) is 18.1 Å². The van der Waals surface area contributed by atoms with E-state index in [1.54, 1.807) is 0 Å². The highest BCUT2D eigenvalue weighted by molar-refractivity contribution is 8.02. The highest BCUT2D eigenvalue weighted by atomic mass is 32.2. The molecule has 3 aromatic carbocycles. The minimum absolute atomic E-state index is 0.00235. The number of thioether (sulfide) groups is 1. The summed E-state index contributed by atoms with van der Waals surface area (Å²) in [5, 5.41) is -0.00235. The van der Waals surface area contributed by atoms with Crippen LogP contribution in [0.1, 0.15) is 34.8 Å². The maximum absolute atomic E-state index is 13.4. The fraction of sp³-hybridized carbons (Fsp3) is 0.296. The highest BCUT2D eigenvalue weighted by Gasteiger charge is 2.30. The number of nitrogens with zero attached hydrogens (tertiary/aromatic N) is 1. The van der Waals surface area contributed by atoms with Crippen molar-refractivity contribution in [2.45, 2.75) is 36.6 Å². The fourth-order valence-electron chi connectivity index (χ4n) is 3.93. The van der Waals surface area contributed by atoms with Crippen LogP contribution in [0.15, 0.2) is 83.8 Å². The van der Waals surface area contributed by atoms with Gasteiger partial charge in [0, 0.05) is 23.2 Å². The zero-order chi connectivity index (χ0) is 24.0. The minimum Gasteiger partial charge on any atom is -0.489 e. The van der Waals surface area contributed by atoms with Crippen molar-refractivity contribution in [1.82, 2.24) is 4.90 Å². The van der Waals surface area contributed by atoms with Crippen LogP contribution in [0.5, 0.6) is 5.75 Å². The zero-order valence-corrected chi connectivity index (χ0v) is 20.9. The molecule has 1 heterocycles. The number of carbonyl (C=O) groups excluding carboxylic acids is 1. The molecule has 1 amide bonds. The third-order valence-electron chi connectivity index (χ3n) is 5.82. The van der Waals surface area contributed by atoms with Crippen LogP contribution in [-0.4, -0.2) is 42.5 Å². The van der Waals surface area contributed by atoms with E-state index in [0.29, 0.717) is 31.7 Å². The van der Waals surface area contributed by atoms with Gasteiger partial charge in [-0.2, -0.15) is 0 Å². The van der Waals surface area contributed by atoms with E-state index in [9.17, 15) is 13.2 Å². The molecule has 0 radical (unpaired) electrons. The molecule has 0 aliphatic carbocycles. The summed E-state index contributed by atoms with van der Waals surface area (Å²) < 4.78 is 29.6. The first-order valence-electron chi connectivity index (χ1n) is 11.4. The lowest BCUT2D eigenvalue weighted by atomic mass is 10.1. The number of hydrogen-bond donors (Lipinski definition) is 0. The van der Waals surface area contributed by atoms with Crippen LogP contribution in [0, 0.1) is 0 Å². The van der Waals surface area contributed by atoms with Crippen LogP contribution in [0.3, 0.4) is 0 Å². The number of benzene rings is 3. The van der Waals surface area contributed by atoms with Crippen LogP contribution in [0.2, 0.25) is 0 Å². The van der Waals surface area contributed by atoms with Crippen molar-refractivity contribution >= 4 is 27.5 Å². The van der Waals surface area contributed by atoms with Gasteiger partial charge >= 0.3 is 0 Å². The lowest BCUT2D eigenvalue weighted by Gasteiger charge is -2.23. The van der Waals surface area contributed by atoms with Gasteiger partial charge in [0.15, 0.2) is 9.84 Å². The molecule has 3 aromatic rings. The summed E-state index contributed by atoms with van der Waals surface area (Å²) in [7, 11) is -2.96. The first-order chi connectivity index (χ1) is 16.4. The van der Waals surface area contributed by atoms with Gasteiger partial charge in [-0.25, -0.2) is 8.42 Å². The number of sulfone groups is 1. The molecular formula is C27H29NO4S2. The Balaban J connectivity index is 1.40. The predicted octanol–water partition coefficient (Wildman–Crippen LogP) is 5.21. The van der Waals surface area contributed by atoms with E-state index in [2.05, 4.69) is 0 Å². The average Bonchev–Trinajstić information content (AvgIpc) is 3.20. The molecule has 5 nitrogen and oxygen atoms in total. The maximum atomic E-state index is 13.4. The number of carbonyl (C=O) groups is 1. The number of rotatable bonds is 9. The number of ether oxygens (including phenoxy) is 1. The molecule has 34 heavy (non-hydrogen) atoms. The van der Waals surface area contributed by atoms with E-state index in [1.807, 2.05) is 90.7 Å². The van der Waals surface area contributed by atoms with Gasteiger partial charge in [0.05, 0.1) is 17.1 Å².